The summed E-state index contributed by atoms with van der Waals surface area (Å²) in [4.78, 5) is 42.6. The van der Waals surface area contributed by atoms with Crippen molar-refractivity contribution in [2.24, 2.45) is 11.3 Å². The first-order chi connectivity index (χ1) is 15.6. The van der Waals surface area contributed by atoms with Gasteiger partial charge >= 0.3 is 6.03 Å². The minimum Gasteiger partial charge on any atom is -0.323 e. The lowest BCUT2D eigenvalue weighted by Gasteiger charge is -2.43. The predicted octanol–water partition coefficient (Wildman–Crippen LogP) is 4.67. The molecule has 1 spiro atoms. The largest absolute Gasteiger partial charge is 0.325 e. The number of hydrogen-bond acceptors (Lipinski definition) is 3. The smallest absolute Gasteiger partial charge is 0.323 e. The van der Waals surface area contributed by atoms with Gasteiger partial charge in [0.1, 0.15) is 12.1 Å². The van der Waals surface area contributed by atoms with Crippen LogP contribution in [0.25, 0.3) is 0 Å². The van der Waals surface area contributed by atoms with Gasteiger partial charge in [-0.3, -0.25) is 14.5 Å². The molecule has 2 fully saturated rings. The van der Waals surface area contributed by atoms with E-state index in [1.54, 1.807) is 4.90 Å². The maximum atomic E-state index is 13.5. The van der Waals surface area contributed by atoms with Crippen LogP contribution in [0.2, 0.25) is 0 Å². The molecule has 6 nitrogen and oxygen atoms in total. The number of benzene rings is 2. The molecule has 2 atom stereocenters. The molecule has 4 amide bonds. The summed E-state index contributed by atoms with van der Waals surface area (Å²) in [6.45, 7) is 8.47. The van der Waals surface area contributed by atoms with Gasteiger partial charge in [0, 0.05) is 5.69 Å². The molecule has 6 heteroatoms. The first kappa shape index (κ1) is 23.0. The van der Waals surface area contributed by atoms with E-state index in [0.717, 1.165) is 28.1 Å². The van der Waals surface area contributed by atoms with Gasteiger partial charge in [-0.05, 0) is 55.2 Å². The second-order valence-corrected chi connectivity index (χ2v) is 10.6. The Hall–Kier alpha value is -3.15. The van der Waals surface area contributed by atoms with Crippen LogP contribution in [0.5, 0.6) is 0 Å². The fraction of sp³-hybridized carbons (Fsp3) is 0.444. The van der Waals surface area contributed by atoms with Gasteiger partial charge in [-0.1, -0.05) is 68.8 Å². The van der Waals surface area contributed by atoms with Crippen molar-refractivity contribution in [1.82, 2.24) is 10.2 Å². The average Bonchev–Trinajstić information content (AvgIpc) is 2.95. The average molecular weight is 448 g/mol. The Balaban J connectivity index is 1.58. The van der Waals surface area contributed by atoms with Crippen molar-refractivity contribution in [2.45, 2.75) is 59.0 Å². The highest BCUT2D eigenvalue weighted by atomic mass is 16.2. The monoisotopic (exact) mass is 447 g/mol. The van der Waals surface area contributed by atoms with Crippen LogP contribution >= 0.6 is 0 Å². The molecule has 33 heavy (non-hydrogen) atoms. The molecule has 0 aromatic heterocycles. The van der Waals surface area contributed by atoms with Crippen LogP contribution < -0.4 is 10.2 Å². The number of nitrogens with zero attached hydrogens (tertiary/aromatic N) is 2. The molecule has 174 valence electrons. The molecule has 1 saturated heterocycles. The summed E-state index contributed by atoms with van der Waals surface area (Å²) in [7, 11) is 0. The van der Waals surface area contributed by atoms with Gasteiger partial charge in [0.05, 0.1) is 6.54 Å². The molecule has 1 N–H and O–H groups in total. The summed E-state index contributed by atoms with van der Waals surface area (Å²) >= 11 is 0. The van der Waals surface area contributed by atoms with Crippen LogP contribution in [0.15, 0.2) is 54.6 Å². The van der Waals surface area contributed by atoms with Crippen molar-refractivity contribution in [3.8, 4) is 0 Å². The van der Waals surface area contributed by atoms with Crippen molar-refractivity contribution in [3.63, 3.8) is 0 Å². The van der Waals surface area contributed by atoms with E-state index in [9.17, 15) is 14.4 Å². The fourth-order valence-electron chi connectivity index (χ4n) is 5.68. The van der Waals surface area contributed by atoms with Gasteiger partial charge < -0.3 is 10.2 Å². The number of carbonyl (C=O) groups is 3. The third kappa shape index (κ3) is 4.80. The van der Waals surface area contributed by atoms with Crippen LogP contribution in [0.4, 0.5) is 10.5 Å². The predicted molar refractivity (Wildman–Crippen MR) is 129 cm³/mol. The van der Waals surface area contributed by atoms with Crippen molar-refractivity contribution < 1.29 is 14.4 Å². The minimum absolute atomic E-state index is 0.0537. The zero-order valence-corrected chi connectivity index (χ0v) is 19.9. The number of anilines is 1. The number of imide groups is 1. The molecule has 4 rings (SSSR count). The lowest BCUT2D eigenvalue weighted by molar-refractivity contribution is -0.137. The number of hydrogen-bond donors (Lipinski definition) is 1. The highest BCUT2D eigenvalue weighted by Gasteiger charge is 2.56. The van der Waals surface area contributed by atoms with Crippen molar-refractivity contribution in [1.29, 1.82) is 0 Å². The SMILES string of the molecule is Cc1ccc(N(Cc2ccccc2)C(=O)CN2C(=O)N[C@]3(C[C@H](C)CC(C)(C)C3)C2=O)cc1. The topological polar surface area (TPSA) is 69.7 Å². The number of urea groups is 1. The number of rotatable bonds is 5. The Kier molecular flexibility index (Phi) is 6.04. The van der Waals surface area contributed by atoms with Gasteiger partial charge in [-0.2, -0.15) is 0 Å². The van der Waals surface area contributed by atoms with Gasteiger partial charge in [0.25, 0.3) is 5.91 Å². The molecule has 0 unspecified atom stereocenters. The fourth-order valence-corrected chi connectivity index (χ4v) is 5.68. The number of aryl methyl sites for hydroxylation is 1. The third-order valence-corrected chi connectivity index (χ3v) is 6.75. The maximum Gasteiger partial charge on any atom is 0.325 e. The Bertz CT molecular complexity index is 1050. The number of nitrogens with one attached hydrogen (secondary N) is 1. The van der Waals surface area contributed by atoms with E-state index in [-0.39, 0.29) is 23.8 Å². The van der Waals surface area contributed by atoms with Gasteiger partial charge in [-0.25, -0.2) is 4.79 Å². The van der Waals surface area contributed by atoms with Crippen LogP contribution in [-0.2, 0) is 16.1 Å². The summed E-state index contributed by atoms with van der Waals surface area (Å²) in [5.41, 5.74) is 1.84. The van der Waals surface area contributed by atoms with Crippen LogP contribution in [0.3, 0.4) is 0 Å². The molecule has 1 heterocycles. The molecule has 1 saturated carbocycles. The van der Waals surface area contributed by atoms with Gasteiger partial charge in [0.2, 0.25) is 5.91 Å². The Labute approximate surface area is 196 Å². The lowest BCUT2D eigenvalue weighted by Crippen LogP contribution is -2.54. The Morgan fingerprint density at radius 3 is 2.36 bits per heavy atom. The molecule has 1 aliphatic carbocycles. The standard InChI is InChI=1S/C27H33N3O3/c1-19-10-12-22(13-11-19)29(16-21-8-6-5-7-9-21)23(31)17-30-24(32)27(28-25(30)33)15-20(2)14-26(3,4)18-27/h5-13,20H,14-18H2,1-4H3,(H,28,33)/t20-,27+/m1/s1. The molecular formula is C27H33N3O3. The van der Waals surface area contributed by atoms with E-state index >= 15 is 0 Å². The summed E-state index contributed by atoms with van der Waals surface area (Å²) in [6, 6.07) is 16.9. The maximum absolute atomic E-state index is 13.5. The Morgan fingerprint density at radius 1 is 1.06 bits per heavy atom. The van der Waals surface area contributed by atoms with Crippen LogP contribution in [0, 0.1) is 18.3 Å². The van der Waals surface area contributed by atoms with E-state index in [0.29, 0.717) is 25.3 Å². The molecule has 1 aliphatic heterocycles. The van der Waals surface area contributed by atoms with E-state index in [4.69, 9.17) is 0 Å². The molecule has 0 bridgehead atoms. The summed E-state index contributed by atoms with van der Waals surface area (Å²) in [5, 5.41) is 2.96. The highest BCUT2D eigenvalue weighted by molar-refractivity contribution is 6.10. The normalized spacial score (nSPS) is 24.1. The van der Waals surface area contributed by atoms with Crippen LogP contribution in [0.1, 0.15) is 51.2 Å². The summed E-state index contributed by atoms with van der Waals surface area (Å²) in [5.74, 6) is -0.244. The van der Waals surface area contributed by atoms with Gasteiger partial charge in [-0.15, -0.1) is 0 Å². The zero-order chi connectivity index (χ0) is 23.8. The van der Waals surface area contributed by atoms with Crippen LogP contribution in [-0.4, -0.2) is 34.8 Å². The highest BCUT2D eigenvalue weighted by Crippen LogP contribution is 2.46. The van der Waals surface area contributed by atoms with E-state index in [1.807, 2.05) is 61.5 Å². The quantitative estimate of drug-likeness (QED) is 0.678. The molecule has 2 aromatic carbocycles. The van der Waals surface area contributed by atoms with Crippen molar-refractivity contribution in [3.05, 3.63) is 65.7 Å². The number of amides is 4. The molecule has 2 aromatic rings. The summed E-state index contributed by atoms with van der Waals surface area (Å²) < 4.78 is 0. The van der Waals surface area contributed by atoms with E-state index < -0.39 is 11.6 Å². The second kappa shape index (κ2) is 8.65. The second-order valence-electron chi connectivity index (χ2n) is 10.6. The summed E-state index contributed by atoms with van der Waals surface area (Å²) in [6.07, 6.45) is 2.21. The molecule has 0 radical (unpaired) electrons. The minimum atomic E-state index is -0.910. The number of carbonyl (C=O) groups excluding carboxylic acids is 3. The first-order valence-corrected chi connectivity index (χ1v) is 11.6. The lowest BCUT2D eigenvalue weighted by atomic mass is 9.64. The van der Waals surface area contributed by atoms with E-state index in [2.05, 4.69) is 26.1 Å². The molecule has 2 aliphatic rings. The first-order valence-electron chi connectivity index (χ1n) is 11.6. The van der Waals surface area contributed by atoms with Crippen molar-refractivity contribution >= 4 is 23.5 Å². The van der Waals surface area contributed by atoms with Crippen molar-refractivity contribution in [2.75, 3.05) is 11.4 Å². The van der Waals surface area contributed by atoms with Gasteiger partial charge in [0.15, 0.2) is 0 Å². The van der Waals surface area contributed by atoms with E-state index in [1.165, 1.54) is 0 Å². The third-order valence-electron chi connectivity index (χ3n) is 6.75. The molecular weight excluding hydrogens is 414 g/mol. The Morgan fingerprint density at radius 2 is 1.73 bits per heavy atom. The zero-order valence-electron chi connectivity index (χ0n) is 19.9.